The summed E-state index contributed by atoms with van der Waals surface area (Å²) in [6.07, 6.45) is 0.889. The maximum atomic E-state index is 12.9. The lowest BCUT2D eigenvalue weighted by Gasteiger charge is -2.24. The highest BCUT2D eigenvalue weighted by Gasteiger charge is 2.29. The van der Waals surface area contributed by atoms with Crippen LogP contribution in [0.4, 0.5) is 0 Å². The summed E-state index contributed by atoms with van der Waals surface area (Å²) in [4.78, 5) is 71.8. The van der Waals surface area contributed by atoms with Crippen LogP contribution in [0.15, 0.2) is 0 Å². The number of hydrogen-bond acceptors (Lipinski definition) is 8. The highest BCUT2D eigenvalue weighted by Crippen LogP contribution is 2.07. The third-order valence-electron chi connectivity index (χ3n) is 5.09. The van der Waals surface area contributed by atoms with Gasteiger partial charge in [-0.3, -0.25) is 28.8 Å². The molecular weight excluding hydrogens is 476 g/mol. The fourth-order valence-corrected chi connectivity index (χ4v) is 3.11. The lowest BCUT2D eigenvalue weighted by molar-refractivity contribution is -0.141. The molecule has 0 aliphatic rings. The molecule has 36 heavy (non-hydrogen) atoms. The number of carboxylic acid groups (broad SMARTS) is 2. The standard InChI is InChI=1S/C22H40N6O8/c1-12(2)10-14(24)19(32)27-16(7-8-18(30)31)21(34)28-15(6-4-5-9-23)20(33)25-11-17(29)26-13(3)22(35)36/h12-16H,4-11,23-24H2,1-3H3,(H,25,33)(H,26,29)(H,27,32)(H,28,34)(H,30,31)(H,35,36)/t13-,14-,15-,16-/m0/s1. The molecule has 4 atom stereocenters. The van der Waals surface area contributed by atoms with Crippen LogP contribution in [0.3, 0.4) is 0 Å². The Morgan fingerprint density at radius 1 is 0.806 bits per heavy atom. The van der Waals surface area contributed by atoms with Gasteiger partial charge in [0.2, 0.25) is 23.6 Å². The van der Waals surface area contributed by atoms with Crippen LogP contribution in [-0.2, 0) is 28.8 Å². The van der Waals surface area contributed by atoms with Crippen LogP contribution in [0.25, 0.3) is 0 Å². The van der Waals surface area contributed by atoms with Gasteiger partial charge in [0, 0.05) is 6.42 Å². The van der Waals surface area contributed by atoms with Crippen LogP contribution < -0.4 is 32.7 Å². The monoisotopic (exact) mass is 516 g/mol. The van der Waals surface area contributed by atoms with E-state index in [-0.39, 0.29) is 18.8 Å². The second-order valence-electron chi connectivity index (χ2n) is 8.92. The zero-order chi connectivity index (χ0) is 27.8. The molecule has 0 aliphatic carbocycles. The van der Waals surface area contributed by atoms with E-state index >= 15 is 0 Å². The molecule has 10 N–H and O–H groups in total. The van der Waals surface area contributed by atoms with Crippen molar-refractivity contribution in [3.63, 3.8) is 0 Å². The SMILES string of the molecule is CC(C)C[C@H](N)C(=O)N[C@@H](CCC(=O)O)C(=O)N[C@@H](CCCCN)C(=O)NCC(=O)N[C@@H](C)C(=O)O. The topological polar surface area (TPSA) is 243 Å². The van der Waals surface area contributed by atoms with Crippen molar-refractivity contribution in [3.8, 4) is 0 Å². The Morgan fingerprint density at radius 2 is 1.39 bits per heavy atom. The minimum Gasteiger partial charge on any atom is -0.481 e. The Kier molecular flexibility index (Phi) is 15.7. The van der Waals surface area contributed by atoms with Gasteiger partial charge in [-0.05, 0) is 51.5 Å². The van der Waals surface area contributed by atoms with Gasteiger partial charge < -0.3 is 42.9 Å². The second kappa shape index (κ2) is 17.2. The minimum absolute atomic E-state index is 0.114. The first-order chi connectivity index (χ1) is 16.8. The van der Waals surface area contributed by atoms with Crippen molar-refractivity contribution in [2.24, 2.45) is 17.4 Å². The molecule has 0 aromatic carbocycles. The van der Waals surface area contributed by atoms with Gasteiger partial charge in [0.05, 0.1) is 12.6 Å². The van der Waals surface area contributed by atoms with Crippen molar-refractivity contribution in [1.29, 1.82) is 0 Å². The summed E-state index contributed by atoms with van der Waals surface area (Å²) >= 11 is 0. The summed E-state index contributed by atoms with van der Waals surface area (Å²) in [7, 11) is 0. The maximum Gasteiger partial charge on any atom is 0.325 e. The Morgan fingerprint density at radius 3 is 1.92 bits per heavy atom. The average Bonchev–Trinajstić information content (AvgIpc) is 2.78. The fourth-order valence-electron chi connectivity index (χ4n) is 3.11. The van der Waals surface area contributed by atoms with Gasteiger partial charge in [0.25, 0.3) is 0 Å². The van der Waals surface area contributed by atoms with E-state index in [4.69, 9.17) is 21.7 Å². The van der Waals surface area contributed by atoms with E-state index in [1.54, 1.807) is 0 Å². The van der Waals surface area contributed by atoms with Crippen molar-refractivity contribution in [3.05, 3.63) is 0 Å². The first-order valence-electron chi connectivity index (χ1n) is 11.9. The van der Waals surface area contributed by atoms with Gasteiger partial charge in [-0.15, -0.1) is 0 Å². The van der Waals surface area contributed by atoms with E-state index in [2.05, 4.69) is 21.3 Å². The normalized spacial score (nSPS) is 14.2. The van der Waals surface area contributed by atoms with E-state index in [0.29, 0.717) is 25.8 Å². The molecule has 14 nitrogen and oxygen atoms in total. The quantitative estimate of drug-likeness (QED) is 0.0934. The van der Waals surface area contributed by atoms with Crippen LogP contribution in [0.5, 0.6) is 0 Å². The van der Waals surface area contributed by atoms with Crippen LogP contribution in [-0.4, -0.2) is 83.0 Å². The first-order valence-corrected chi connectivity index (χ1v) is 11.9. The molecule has 0 bridgehead atoms. The predicted octanol–water partition coefficient (Wildman–Crippen LogP) is -1.97. The number of carbonyl (C=O) groups excluding carboxylic acids is 4. The second-order valence-corrected chi connectivity index (χ2v) is 8.92. The number of unbranched alkanes of at least 4 members (excludes halogenated alkanes) is 1. The lowest BCUT2D eigenvalue weighted by atomic mass is 10.0. The highest BCUT2D eigenvalue weighted by molar-refractivity contribution is 5.94. The molecule has 0 unspecified atom stereocenters. The molecule has 0 fully saturated rings. The summed E-state index contributed by atoms with van der Waals surface area (Å²) < 4.78 is 0. The molecular formula is C22H40N6O8. The van der Waals surface area contributed by atoms with Gasteiger partial charge in [0.1, 0.15) is 18.1 Å². The zero-order valence-electron chi connectivity index (χ0n) is 21.0. The number of hydrogen-bond donors (Lipinski definition) is 8. The molecule has 4 amide bonds. The molecule has 0 aromatic heterocycles. The summed E-state index contributed by atoms with van der Waals surface area (Å²) in [5.74, 6) is -5.16. The third-order valence-corrected chi connectivity index (χ3v) is 5.09. The third kappa shape index (κ3) is 14.2. The molecule has 0 radical (unpaired) electrons. The van der Waals surface area contributed by atoms with E-state index in [1.165, 1.54) is 6.92 Å². The van der Waals surface area contributed by atoms with Crippen molar-refractivity contribution in [2.75, 3.05) is 13.1 Å². The predicted molar refractivity (Wildman–Crippen MR) is 129 cm³/mol. The molecule has 0 rings (SSSR count). The fraction of sp³-hybridized carbons (Fsp3) is 0.727. The first kappa shape index (κ1) is 32.7. The van der Waals surface area contributed by atoms with Gasteiger partial charge in [-0.1, -0.05) is 13.8 Å². The molecule has 14 heteroatoms. The van der Waals surface area contributed by atoms with E-state index in [1.807, 2.05) is 13.8 Å². The zero-order valence-corrected chi connectivity index (χ0v) is 21.0. The minimum atomic E-state index is -1.25. The Labute approximate surface area is 210 Å². The van der Waals surface area contributed by atoms with Crippen LogP contribution >= 0.6 is 0 Å². The van der Waals surface area contributed by atoms with Gasteiger partial charge in [-0.2, -0.15) is 0 Å². The number of amides is 4. The number of rotatable bonds is 18. The largest absolute Gasteiger partial charge is 0.481 e. The van der Waals surface area contributed by atoms with Crippen molar-refractivity contribution >= 4 is 35.6 Å². The highest BCUT2D eigenvalue weighted by atomic mass is 16.4. The van der Waals surface area contributed by atoms with Gasteiger partial charge in [-0.25, -0.2) is 0 Å². The molecule has 0 aromatic rings. The van der Waals surface area contributed by atoms with Crippen LogP contribution in [0.1, 0.15) is 59.3 Å². The Bertz CT molecular complexity index is 776. The molecule has 0 saturated carbocycles. The summed E-state index contributed by atoms with van der Waals surface area (Å²) in [5, 5.41) is 27.4. The van der Waals surface area contributed by atoms with Crippen LogP contribution in [0, 0.1) is 5.92 Å². The maximum absolute atomic E-state index is 12.9. The van der Waals surface area contributed by atoms with Gasteiger partial charge >= 0.3 is 11.9 Å². The van der Waals surface area contributed by atoms with E-state index in [0.717, 1.165) is 0 Å². The lowest BCUT2D eigenvalue weighted by Crippen LogP contribution is -2.56. The van der Waals surface area contributed by atoms with Gasteiger partial charge in [0.15, 0.2) is 0 Å². The summed E-state index contributed by atoms with van der Waals surface area (Å²) in [6, 6.07) is -4.42. The smallest absolute Gasteiger partial charge is 0.325 e. The Hall–Kier alpha value is -3.26. The molecule has 0 spiro atoms. The number of carboxylic acids is 2. The van der Waals surface area contributed by atoms with Crippen molar-refractivity contribution < 1.29 is 39.0 Å². The number of nitrogens with one attached hydrogen (secondary N) is 4. The van der Waals surface area contributed by atoms with Crippen LogP contribution in [0.2, 0.25) is 0 Å². The molecule has 206 valence electrons. The Balaban J connectivity index is 5.36. The number of nitrogens with two attached hydrogens (primary N) is 2. The van der Waals surface area contributed by atoms with E-state index < -0.39 is 72.7 Å². The van der Waals surface area contributed by atoms with Crippen molar-refractivity contribution in [2.45, 2.75) is 83.5 Å². The van der Waals surface area contributed by atoms with Crippen molar-refractivity contribution in [1.82, 2.24) is 21.3 Å². The molecule has 0 heterocycles. The van der Waals surface area contributed by atoms with E-state index in [9.17, 15) is 28.8 Å². The molecule has 0 saturated heterocycles. The number of aliphatic carboxylic acids is 2. The average molecular weight is 517 g/mol. The summed E-state index contributed by atoms with van der Waals surface area (Å²) in [5.41, 5.74) is 11.4. The summed E-state index contributed by atoms with van der Waals surface area (Å²) in [6.45, 7) is 4.83. The number of carbonyl (C=O) groups is 6. The molecule has 0 aliphatic heterocycles.